The van der Waals surface area contributed by atoms with E-state index in [1.165, 1.54) is 25.3 Å². The van der Waals surface area contributed by atoms with Crippen LogP contribution in [0.5, 0.6) is 0 Å². The standard InChI is InChI=1S/C14H17NO9/c1-22-14-12(11(18)10(17)9(6-16)23-14)24-13(19)7-4-2-3-5-8(7)15(20)21/h2-5,9-12,14,16-18H,6H2,1H3/t9-,10-,11+,12-,14+/m1/s1. The van der Waals surface area contributed by atoms with Crippen molar-refractivity contribution < 1.29 is 39.2 Å². The first kappa shape index (κ1) is 18.2. The molecular formula is C14H17NO9. The molecule has 3 N–H and O–H groups in total. The number of nitro benzene ring substituents is 1. The van der Waals surface area contributed by atoms with Crippen molar-refractivity contribution >= 4 is 11.7 Å². The largest absolute Gasteiger partial charge is 0.450 e. The summed E-state index contributed by atoms with van der Waals surface area (Å²) in [4.78, 5) is 22.5. The number of carbonyl (C=O) groups excluding carboxylic acids is 1. The van der Waals surface area contributed by atoms with E-state index in [1.807, 2.05) is 0 Å². The number of hydrogen-bond donors (Lipinski definition) is 3. The number of aliphatic hydroxyl groups excluding tert-OH is 3. The summed E-state index contributed by atoms with van der Waals surface area (Å²) in [6.07, 6.45) is -6.93. The summed E-state index contributed by atoms with van der Waals surface area (Å²) >= 11 is 0. The molecule has 0 aliphatic carbocycles. The second-order valence-electron chi connectivity index (χ2n) is 5.09. The van der Waals surface area contributed by atoms with E-state index in [1.54, 1.807) is 0 Å². The smallest absolute Gasteiger partial charge is 0.345 e. The van der Waals surface area contributed by atoms with Gasteiger partial charge in [-0.25, -0.2) is 4.79 Å². The van der Waals surface area contributed by atoms with Gasteiger partial charge in [-0.15, -0.1) is 0 Å². The number of carbonyl (C=O) groups is 1. The number of para-hydroxylation sites is 1. The SMILES string of the molecule is CO[C@H]1O[C@H](CO)[C@@H](O)[C@H](O)[C@H]1OC(=O)c1ccccc1[N+](=O)[O-]. The number of rotatable bonds is 5. The first-order chi connectivity index (χ1) is 11.4. The van der Waals surface area contributed by atoms with Crippen LogP contribution in [0.15, 0.2) is 24.3 Å². The Morgan fingerprint density at radius 3 is 2.58 bits per heavy atom. The van der Waals surface area contributed by atoms with E-state index >= 15 is 0 Å². The number of nitro groups is 1. The number of benzene rings is 1. The van der Waals surface area contributed by atoms with Crippen LogP contribution in [0.2, 0.25) is 0 Å². The lowest BCUT2D eigenvalue weighted by molar-refractivity contribution is -0.385. The predicted octanol–water partition coefficient (Wildman–Crippen LogP) is -0.794. The lowest BCUT2D eigenvalue weighted by Gasteiger charge is -2.40. The predicted molar refractivity (Wildman–Crippen MR) is 77.1 cm³/mol. The molecule has 0 radical (unpaired) electrons. The highest BCUT2D eigenvalue weighted by atomic mass is 16.7. The van der Waals surface area contributed by atoms with Gasteiger partial charge in [0.2, 0.25) is 0 Å². The number of hydrogen-bond acceptors (Lipinski definition) is 9. The van der Waals surface area contributed by atoms with Crippen LogP contribution in [0.4, 0.5) is 5.69 Å². The average molecular weight is 343 g/mol. The van der Waals surface area contributed by atoms with Crippen LogP contribution in [0.1, 0.15) is 10.4 Å². The Bertz CT molecular complexity index is 606. The fourth-order valence-corrected chi connectivity index (χ4v) is 2.36. The second kappa shape index (κ2) is 7.64. The highest BCUT2D eigenvalue weighted by Crippen LogP contribution is 2.26. The zero-order valence-corrected chi connectivity index (χ0v) is 12.6. The van der Waals surface area contributed by atoms with Crippen molar-refractivity contribution in [2.75, 3.05) is 13.7 Å². The van der Waals surface area contributed by atoms with Gasteiger partial charge in [0.05, 0.1) is 11.5 Å². The molecule has 1 saturated heterocycles. The molecule has 0 amide bonds. The minimum Gasteiger partial charge on any atom is -0.450 e. The molecular weight excluding hydrogens is 326 g/mol. The quantitative estimate of drug-likeness (QED) is 0.355. The fraction of sp³-hybridized carbons (Fsp3) is 0.500. The molecule has 132 valence electrons. The van der Waals surface area contributed by atoms with Gasteiger partial charge in [0.1, 0.15) is 23.9 Å². The number of methoxy groups -OCH3 is 1. The van der Waals surface area contributed by atoms with Gasteiger partial charge in [-0.2, -0.15) is 0 Å². The van der Waals surface area contributed by atoms with Crippen molar-refractivity contribution in [1.29, 1.82) is 0 Å². The molecule has 0 unspecified atom stereocenters. The average Bonchev–Trinajstić information content (AvgIpc) is 2.59. The van der Waals surface area contributed by atoms with Crippen molar-refractivity contribution in [2.45, 2.75) is 30.7 Å². The van der Waals surface area contributed by atoms with Crippen LogP contribution < -0.4 is 0 Å². The van der Waals surface area contributed by atoms with Crippen molar-refractivity contribution in [1.82, 2.24) is 0 Å². The molecule has 1 heterocycles. The zero-order valence-electron chi connectivity index (χ0n) is 12.6. The normalized spacial score (nSPS) is 29.9. The summed E-state index contributed by atoms with van der Waals surface area (Å²) in [6, 6.07) is 5.14. The van der Waals surface area contributed by atoms with Gasteiger partial charge in [-0.1, -0.05) is 12.1 Å². The summed E-state index contributed by atoms with van der Waals surface area (Å²) in [6.45, 7) is -0.580. The van der Waals surface area contributed by atoms with Gasteiger partial charge in [0.15, 0.2) is 12.4 Å². The fourth-order valence-electron chi connectivity index (χ4n) is 2.36. The lowest BCUT2D eigenvalue weighted by Crippen LogP contribution is -2.60. The van der Waals surface area contributed by atoms with E-state index in [0.29, 0.717) is 0 Å². The number of aliphatic hydroxyl groups is 3. The molecule has 1 aromatic rings. The summed E-state index contributed by atoms with van der Waals surface area (Å²) in [5.74, 6) is -1.08. The van der Waals surface area contributed by atoms with Gasteiger partial charge in [-0.3, -0.25) is 10.1 Å². The van der Waals surface area contributed by atoms with Crippen LogP contribution in [0.25, 0.3) is 0 Å². The number of nitrogens with zero attached hydrogens (tertiary/aromatic N) is 1. The lowest BCUT2D eigenvalue weighted by atomic mass is 9.99. The molecule has 0 spiro atoms. The van der Waals surface area contributed by atoms with Gasteiger partial charge < -0.3 is 29.5 Å². The zero-order chi connectivity index (χ0) is 17.9. The van der Waals surface area contributed by atoms with E-state index in [9.17, 15) is 25.1 Å². The van der Waals surface area contributed by atoms with E-state index in [4.69, 9.17) is 19.3 Å². The molecule has 0 bridgehead atoms. The Labute approximate surface area is 136 Å². The van der Waals surface area contributed by atoms with Crippen LogP contribution in [0.3, 0.4) is 0 Å². The molecule has 10 nitrogen and oxygen atoms in total. The van der Waals surface area contributed by atoms with E-state index in [2.05, 4.69) is 0 Å². The summed E-state index contributed by atoms with van der Waals surface area (Å²) in [7, 11) is 1.22. The van der Waals surface area contributed by atoms with Crippen LogP contribution >= 0.6 is 0 Å². The molecule has 24 heavy (non-hydrogen) atoms. The molecule has 0 saturated carbocycles. The first-order valence-corrected chi connectivity index (χ1v) is 7.00. The van der Waals surface area contributed by atoms with Crippen LogP contribution in [-0.4, -0.2) is 70.6 Å². The third-order valence-corrected chi connectivity index (χ3v) is 3.62. The third-order valence-electron chi connectivity index (χ3n) is 3.62. The molecule has 1 aliphatic heterocycles. The van der Waals surface area contributed by atoms with Gasteiger partial charge in [0.25, 0.3) is 5.69 Å². The molecule has 1 aromatic carbocycles. The van der Waals surface area contributed by atoms with Gasteiger partial charge in [-0.05, 0) is 6.07 Å². The molecule has 5 atom stereocenters. The van der Waals surface area contributed by atoms with Gasteiger partial charge in [0, 0.05) is 13.2 Å². The minimum atomic E-state index is -1.60. The van der Waals surface area contributed by atoms with E-state index < -0.39 is 53.9 Å². The molecule has 10 heteroatoms. The maximum Gasteiger partial charge on any atom is 0.345 e. The summed E-state index contributed by atoms with van der Waals surface area (Å²) in [5.41, 5.74) is -0.778. The molecule has 1 fully saturated rings. The Morgan fingerprint density at radius 1 is 1.33 bits per heavy atom. The maximum absolute atomic E-state index is 12.2. The highest BCUT2D eigenvalue weighted by Gasteiger charge is 2.47. The highest BCUT2D eigenvalue weighted by molar-refractivity contribution is 5.94. The van der Waals surface area contributed by atoms with Crippen LogP contribution in [-0.2, 0) is 14.2 Å². The monoisotopic (exact) mass is 343 g/mol. The Balaban J connectivity index is 2.22. The Morgan fingerprint density at radius 2 is 2.00 bits per heavy atom. The molecule has 0 aromatic heterocycles. The van der Waals surface area contributed by atoms with Crippen molar-refractivity contribution in [3.05, 3.63) is 39.9 Å². The van der Waals surface area contributed by atoms with E-state index in [-0.39, 0.29) is 5.56 Å². The third kappa shape index (κ3) is 3.52. The first-order valence-electron chi connectivity index (χ1n) is 7.00. The number of ether oxygens (including phenoxy) is 3. The second-order valence-corrected chi connectivity index (χ2v) is 5.09. The van der Waals surface area contributed by atoms with Crippen molar-refractivity contribution in [3.8, 4) is 0 Å². The minimum absolute atomic E-state index is 0.316. The Kier molecular flexibility index (Phi) is 5.80. The van der Waals surface area contributed by atoms with Gasteiger partial charge >= 0.3 is 5.97 Å². The maximum atomic E-state index is 12.2. The van der Waals surface area contributed by atoms with E-state index in [0.717, 1.165) is 6.07 Å². The molecule has 2 rings (SSSR count). The molecule has 1 aliphatic rings. The van der Waals surface area contributed by atoms with Crippen molar-refractivity contribution in [2.24, 2.45) is 0 Å². The summed E-state index contributed by atoms with van der Waals surface area (Å²) in [5, 5.41) is 40.0. The Hall–Kier alpha value is -2.11. The van der Waals surface area contributed by atoms with Crippen LogP contribution in [0, 0.1) is 10.1 Å². The number of esters is 1. The van der Waals surface area contributed by atoms with Crippen molar-refractivity contribution in [3.63, 3.8) is 0 Å². The summed E-state index contributed by atoms with van der Waals surface area (Å²) < 4.78 is 15.2. The topological polar surface area (TPSA) is 149 Å².